The third kappa shape index (κ3) is 3.90. The summed E-state index contributed by atoms with van der Waals surface area (Å²) in [5.74, 6) is 1.53. The summed E-state index contributed by atoms with van der Waals surface area (Å²) in [5, 5.41) is 2.97. The smallest absolute Gasteiger partial charge is 0.322 e. The number of benzene rings is 2. The number of hydrogen-bond donors (Lipinski definition) is 1. The molecule has 0 aliphatic carbocycles. The lowest BCUT2D eigenvalue weighted by Gasteiger charge is -2.27. The van der Waals surface area contributed by atoms with E-state index in [1.807, 2.05) is 47.4 Å². The summed E-state index contributed by atoms with van der Waals surface area (Å²) in [6, 6.07) is 13.1. The molecule has 0 radical (unpaired) electrons. The van der Waals surface area contributed by atoms with Crippen molar-refractivity contribution in [3.8, 4) is 11.5 Å². The van der Waals surface area contributed by atoms with Crippen LogP contribution in [0, 0.1) is 0 Å². The van der Waals surface area contributed by atoms with Gasteiger partial charge in [0.1, 0.15) is 11.5 Å². The van der Waals surface area contributed by atoms with Crippen molar-refractivity contribution in [3.63, 3.8) is 0 Å². The highest BCUT2D eigenvalue weighted by Crippen LogP contribution is 2.39. The molecule has 25 heavy (non-hydrogen) atoms. The Balaban J connectivity index is 1.82. The number of carbonyl (C=O) groups is 1. The summed E-state index contributed by atoms with van der Waals surface area (Å²) in [5.41, 5.74) is 1.75. The number of hydrogen-bond acceptors (Lipinski definition) is 3. The predicted octanol–water partition coefficient (Wildman–Crippen LogP) is 4.84. The van der Waals surface area contributed by atoms with Crippen molar-refractivity contribution in [1.82, 2.24) is 4.90 Å². The number of likely N-dealkylation sites (tertiary alicyclic amines) is 1. The Labute approximate surface area is 156 Å². The van der Waals surface area contributed by atoms with Crippen LogP contribution in [0.3, 0.4) is 0 Å². The fraction of sp³-hybridized carbons (Fsp3) is 0.316. The van der Waals surface area contributed by atoms with Gasteiger partial charge < -0.3 is 19.7 Å². The second kappa shape index (κ2) is 7.78. The van der Waals surface area contributed by atoms with E-state index in [1.54, 1.807) is 14.2 Å². The van der Waals surface area contributed by atoms with E-state index in [9.17, 15) is 4.79 Å². The van der Waals surface area contributed by atoms with Gasteiger partial charge in [-0.25, -0.2) is 4.79 Å². The number of anilines is 1. The number of nitrogens with one attached hydrogen (secondary N) is 1. The quantitative estimate of drug-likeness (QED) is 0.793. The third-order valence-corrected chi connectivity index (χ3v) is 4.93. The number of methoxy groups -OCH3 is 2. The number of nitrogens with zero attached hydrogens (tertiary/aromatic N) is 1. The predicted molar refractivity (Wildman–Crippen MR) is 101 cm³/mol. The normalized spacial score (nSPS) is 16.6. The molecule has 1 aliphatic rings. The van der Waals surface area contributed by atoms with Crippen LogP contribution >= 0.6 is 15.9 Å². The Hall–Kier alpha value is -2.21. The maximum absolute atomic E-state index is 12.8. The second-order valence-corrected chi connectivity index (χ2v) is 6.81. The molecule has 1 fully saturated rings. The van der Waals surface area contributed by atoms with Crippen LogP contribution in [0.25, 0.3) is 0 Å². The summed E-state index contributed by atoms with van der Waals surface area (Å²) < 4.78 is 11.8. The molecule has 1 saturated heterocycles. The Morgan fingerprint density at radius 1 is 1.16 bits per heavy atom. The van der Waals surface area contributed by atoms with Crippen LogP contribution in [0.2, 0.25) is 0 Å². The van der Waals surface area contributed by atoms with E-state index in [0.717, 1.165) is 40.1 Å². The van der Waals surface area contributed by atoms with Gasteiger partial charge in [0.2, 0.25) is 0 Å². The average molecular weight is 405 g/mol. The van der Waals surface area contributed by atoms with Crippen LogP contribution in [-0.2, 0) is 0 Å². The van der Waals surface area contributed by atoms with E-state index in [-0.39, 0.29) is 12.1 Å². The molecule has 132 valence electrons. The molecule has 0 spiro atoms. The van der Waals surface area contributed by atoms with Crippen molar-refractivity contribution in [2.45, 2.75) is 18.9 Å². The summed E-state index contributed by atoms with van der Waals surface area (Å²) in [6.07, 6.45) is 1.86. The highest BCUT2D eigenvalue weighted by molar-refractivity contribution is 9.10. The molecule has 2 aromatic rings. The first-order valence-electron chi connectivity index (χ1n) is 8.17. The standard InChI is InChI=1S/C19H21BrN2O3/c1-24-15-9-10-18(25-2)16(12-15)17-4-3-11-22(17)19(23)21-14-7-5-13(20)6-8-14/h5-10,12,17H,3-4,11H2,1-2H3,(H,21,23). The average Bonchev–Trinajstić information content (AvgIpc) is 3.12. The van der Waals surface area contributed by atoms with Crippen LogP contribution in [-0.4, -0.2) is 31.7 Å². The van der Waals surface area contributed by atoms with Crippen molar-refractivity contribution in [3.05, 3.63) is 52.5 Å². The minimum absolute atomic E-state index is 0.0273. The van der Waals surface area contributed by atoms with E-state index < -0.39 is 0 Å². The van der Waals surface area contributed by atoms with Crippen molar-refractivity contribution in [2.75, 3.05) is 26.1 Å². The molecule has 1 unspecified atom stereocenters. The third-order valence-electron chi connectivity index (χ3n) is 4.41. The number of ether oxygens (including phenoxy) is 2. The Kier molecular flexibility index (Phi) is 5.48. The van der Waals surface area contributed by atoms with Crippen LogP contribution in [0.1, 0.15) is 24.4 Å². The number of urea groups is 1. The van der Waals surface area contributed by atoms with Gasteiger partial charge in [-0.2, -0.15) is 0 Å². The van der Waals surface area contributed by atoms with Gasteiger partial charge in [0.05, 0.1) is 20.3 Å². The van der Waals surface area contributed by atoms with Gasteiger partial charge in [-0.15, -0.1) is 0 Å². The van der Waals surface area contributed by atoms with Crippen LogP contribution in [0.5, 0.6) is 11.5 Å². The number of carbonyl (C=O) groups excluding carboxylic acids is 1. The molecule has 1 atom stereocenters. The summed E-state index contributed by atoms with van der Waals surface area (Å²) in [4.78, 5) is 14.6. The topological polar surface area (TPSA) is 50.8 Å². The molecule has 3 rings (SSSR count). The van der Waals surface area contributed by atoms with Gasteiger partial charge in [0, 0.05) is 22.3 Å². The van der Waals surface area contributed by atoms with Gasteiger partial charge in [0.25, 0.3) is 0 Å². The first-order valence-corrected chi connectivity index (χ1v) is 8.97. The minimum atomic E-state index is -0.102. The maximum Gasteiger partial charge on any atom is 0.322 e. The number of amides is 2. The van der Waals surface area contributed by atoms with E-state index in [4.69, 9.17) is 9.47 Å². The lowest BCUT2D eigenvalue weighted by Crippen LogP contribution is -2.34. The van der Waals surface area contributed by atoms with Crippen molar-refractivity contribution >= 4 is 27.6 Å². The summed E-state index contributed by atoms with van der Waals surface area (Å²) >= 11 is 3.40. The number of halogens is 1. The fourth-order valence-corrected chi connectivity index (χ4v) is 3.43. The summed E-state index contributed by atoms with van der Waals surface area (Å²) in [6.45, 7) is 0.716. The molecule has 0 aromatic heterocycles. The SMILES string of the molecule is COc1ccc(OC)c(C2CCCN2C(=O)Nc2ccc(Br)cc2)c1. The zero-order valence-electron chi connectivity index (χ0n) is 14.3. The molecule has 0 bridgehead atoms. The lowest BCUT2D eigenvalue weighted by atomic mass is 10.0. The van der Waals surface area contributed by atoms with Gasteiger partial charge in [-0.1, -0.05) is 15.9 Å². The van der Waals surface area contributed by atoms with Gasteiger partial charge in [-0.05, 0) is 55.3 Å². The molecule has 2 aromatic carbocycles. The minimum Gasteiger partial charge on any atom is -0.497 e. The molecule has 0 saturated carbocycles. The zero-order chi connectivity index (χ0) is 17.8. The Morgan fingerprint density at radius 2 is 1.92 bits per heavy atom. The molecule has 1 aliphatic heterocycles. The van der Waals surface area contributed by atoms with Crippen molar-refractivity contribution < 1.29 is 14.3 Å². The highest BCUT2D eigenvalue weighted by atomic mass is 79.9. The lowest BCUT2D eigenvalue weighted by molar-refractivity contribution is 0.206. The van der Waals surface area contributed by atoms with Gasteiger partial charge in [-0.3, -0.25) is 0 Å². The first kappa shape index (κ1) is 17.6. The second-order valence-electron chi connectivity index (χ2n) is 5.90. The largest absolute Gasteiger partial charge is 0.497 e. The van der Waals surface area contributed by atoms with Crippen molar-refractivity contribution in [2.24, 2.45) is 0 Å². The Bertz CT molecular complexity index is 749. The molecule has 5 nitrogen and oxygen atoms in total. The molecule has 1 N–H and O–H groups in total. The fourth-order valence-electron chi connectivity index (χ4n) is 3.16. The molecule has 2 amide bonds. The number of rotatable bonds is 4. The molecular weight excluding hydrogens is 384 g/mol. The monoisotopic (exact) mass is 404 g/mol. The van der Waals surface area contributed by atoms with E-state index in [2.05, 4.69) is 21.2 Å². The van der Waals surface area contributed by atoms with E-state index in [0.29, 0.717) is 6.54 Å². The van der Waals surface area contributed by atoms with Gasteiger partial charge in [0.15, 0.2) is 0 Å². The van der Waals surface area contributed by atoms with Crippen LogP contribution < -0.4 is 14.8 Å². The maximum atomic E-state index is 12.8. The van der Waals surface area contributed by atoms with E-state index >= 15 is 0 Å². The van der Waals surface area contributed by atoms with E-state index in [1.165, 1.54) is 0 Å². The zero-order valence-corrected chi connectivity index (χ0v) is 15.9. The van der Waals surface area contributed by atoms with Crippen molar-refractivity contribution in [1.29, 1.82) is 0 Å². The summed E-state index contributed by atoms with van der Waals surface area (Å²) in [7, 11) is 3.28. The first-order chi connectivity index (χ1) is 12.1. The van der Waals surface area contributed by atoms with Crippen LogP contribution in [0.4, 0.5) is 10.5 Å². The van der Waals surface area contributed by atoms with Gasteiger partial charge >= 0.3 is 6.03 Å². The Morgan fingerprint density at radius 3 is 2.60 bits per heavy atom. The van der Waals surface area contributed by atoms with Crippen LogP contribution in [0.15, 0.2) is 46.9 Å². The molecular formula is C19H21BrN2O3. The molecule has 6 heteroatoms. The molecule has 1 heterocycles. The highest BCUT2D eigenvalue weighted by Gasteiger charge is 2.32.